The highest BCUT2D eigenvalue weighted by atomic mass is 32.2. The molecule has 3 rings (SSSR count). The fraction of sp³-hybridized carbons (Fsp3) is 0.579. The average molecular weight is 378 g/mol. The second-order valence-corrected chi connectivity index (χ2v) is 8.18. The number of carbonyl (C=O) groups excluding carboxylic acids is 2. The van der Waals surface area contributed by atoms with E-state index >= 15 is 0 Å². The largest absolute Gasteiger partial charge is 0.449 e. The number of hydrogen-bond donors (Lipinski definition) is 1. The van der Waals surface area contributed by atoms with Gasteiger partial charge in [-0.05, 0) is 38.3 Å². The Hall–Kier alpha value is -1.89. The van der Waals surface area contributed by atoms with Crippen molar-refractivity contribution in [3.8, 4) is 0 Å². The van der Waals surface area contributed by atoms with Crippen LogP contribution in [0, 0.1) is 6.92 Å². The Balaban J connectivity index is 1.35. The highest BCUT2D eigenvalue weighted by Crippen LogP contribution is 2.30. The van der Waals surface area contributed by atoms with Crippen LogP contribution in [0.5, 0.6) is 0 Å². The van der Waals surface area contributed by atoms with E-state index in [4.69, 9.17) is 4.74 Å². The molecule has 0 radical (unpaired) electrons. The molecule has 2 aliphatic rings. The van der Waals surface area contributed by atoms with Crippen LogP contribution in [-0.2, 0) is 4.74 Å². The van der Waals surface area contributed by atoms with Gasteiger partial charge in [0.15, 0.2) is 0 Å². The van der Waals surface area contributed by atoms with Gasteiger partial charge in [0.25, 0.3) is 0 Å². The highest BCUT2D eigenvalue weighted by molar-refractivity contribution is 8.00. The van der Waals surface area contributed by atoms with Gasteiger partial charge in [-0.15, -0.1) is 11.8 Å². The molecule has 0 bridgehead atoms. The number of piperidine rings is 1. The highest BCUT2D eigenvalue weighted by Gasteiger charge is 2.24. The Bertz CT molecular complexity index is 615. The summed E-state index contributed by atoms with van der Waals surface area (Å²) < 4.78 is 4.99. The zero-order chi connectivity index (χ0) is 18.4. The van der Waals surface area contributed by atoms with Crippen molar-refractivity contribution in [2.24, 2.45) is 0 Å². The number of nitrogens with one attached hydrogen (secondary N) is 1. The molecule has 0 atom stereocenters. The summed E-state index contributed by atoms with van der Waals surface area (Å²) in [7, 11) is 0. The number of ether oxygens (including phenoxy) is 1. The van der Waals surface area contributed by atoms with E-state index in [0.29, 0.717) is 31.5 Å². The Morgan fingerprint density at radius 2 is 1.96 bits per heavy atom. The van der Waals surface area contributed by atoms with Crippen LogP contribution in [0.3, 0.4) is 0 Å². The molecule has 0 aromatic heterocycles. The Kier molecular flexibility index (Phi) is 6.66. The fourth-order valence-corrected chi connectivity index (χ4v) is 4.32. The van der Waals surface area contributed by atoms with Crippen molar-refractivity contribution in [3.05, 3.63) is 29.8 Å². The molecule has 1 aromatic rings. The average Bonchev–Trinajstić information content (AvgIpc) is 2.66. The van der Waals surface area contributed by atoms with Gasteiger partial charge >= 0.3 is 12.1 Å². The van der Waals surface area contributed by atoms with Crippen LogP contribution >= 0.6 is 11.8 Å². The van der Waals surface area contributed by atoms with Crippen LogP contribution in [0.2, 0.25) is 0 Å². The first kappa shape index (κ1) is 18.9. The summed E-state index contributed by atoms with van der Waals surface area (Å²) >= 11 is 1.91. The summed E-state index contributed by atoms with van der Waals surface area (Å²) in [6, 6.07) is 8.59. The van der Waals surface area contributed by atoms with Crippen molar-refractivity contribution < 1.29 is 14.3 Å². The number of thioether (sulfide) groups is 1. The number of hydrogen-bond acceptors (Lipinski definition) is 4. The molecule has 2 saturated heterocycles. The molecule has 2 heterocycles. The summed E-state index contributed by atoms with van der Waals surface area (Å²) in [5.41, 5.74) is 1.28. The van der Waals surface area contributed by atoms with Crippen LogP contribution < -0.4 is 5.32 Å². The van der Waals surface area contributed by atoms with Gasteiger partial charge in [0.2, 0.25) is 0 Å². The maximum absolute atomic E-state index is 12.3. The van der Waals surface area contributed by atoms with Crippen molar-refractivity contribution in [2.75, 3.05) is 39.3 Å². The topological polar surface area (TPSA) is 61.9 Å². The molecule has 1 N–H and O–H groups in total. The molecule has 2 aliphatic heterocycles. The molecule has 6 nitrogen and oxygen atoms in total. The number of cyclic esters (lactones) is 1. The Morgan fingerprint density at radius 1 is 1.23 bits per heavy atom. The van der Waals surface area contributed by atoms with E-state index in [0.717, 1.165) is 32.4 Å². The van der Waals surface area contributed by atoms with E-state index in [1.165, 1.54) is 10.5 Å². The monoisotopic (exact) mass is 377 g/mol. The van der Waals surface area contributed by atoms with Crippen molar-refractivity contribution in [1.29, 1.82) is 0 Å². The Labute approximate surface area is 159 Å². The number of nitrogens with zero attached hydrogens (tertiary/aromatic N) is 2. The molecule has 1 aromatic carbocycles. The van der Waals surface area contributed by atoms with Gasteiger partial charge in [0.1, 0.15) is 0 Å². The Morgan fingerprint density at radius 3 is 2.65 bits per heavy atom. The van der Waals surface area contributed by atoms with Gasteiger partial charge in [-0.1, -0.05) is 17.7 Å². The van der Waals surface area contributed by atoms with Gasteiger partial charge in [0, 0.05) is 42.9 Å². The number of aryl methyl sites for hydroxylation is 1. The number of benzene rings is 1. The molecule has 0 spiro atoms. The third-order valence-corrected chi connectivity index (χ3v) is 6.12. The van der Waals surface area contributed by atoms with Crippen molar-refractivity contribution in [1.82, 2.24) is 15.1 Å². The van der Waals surface area contributed by atoms with Crippen LogP contribution in [-0.4, -0.2) is 66.5 Å². The molecule has 3 amide bonds. The molecular weight excluding hydrogens is 350 g/mol. The quantitative estimate of drug-likeness (QED) is 0.856. The lowest BCUT2D eigenvalue weighted by atomic mass is 10.1. The number of carbonyl (C=O) groups is 2. The smallest absolute Gasteiger partial charge is 0.409 e. The van der Waals surface area contributed by atoms with Crippen molar-refractivity contribution in [3.63, 3.8) is 0 Å². The van der Waals surface area contributed by atoms with E-state index in [1.54, 1.807) is 4.90 Å². The number of amides is 3. The summed E-state index contributed by atoms with van der Waals surface area (Å²) in [5.74, 6) is 0. The number of rotatable bonds is 5. The van der Waals surface area contributed by atoms with E-state index in [9.17, 15) is 9.59 Å². The van der Waals surface area contributed by atoms with Gasteiger partial charge in [-0.3, -0.25) is 0 Å². The standard InChI is InChI=1S/C19H27N3O3S/c1-15-3-5-16(6-4-15)26-17-7-11-21(12-8-17)18(23)20-9-13-22-10-2-14-25-19(22)24/h3-6,17H,2,7-14H2,1H3,(H,20,23). The van der Waals surface area contributed by atoms with Crippen LogP contribution in [0.1, 0.15) is 24.8 Å². The first-order chi connectivity index (χ1) is 12.6. The minimum Gasteiger partial charge on any atom is -0.449 e. The molecule has 142 valence electrons. The second kappa shape index (κ2) is 9.16. The van der Waals surface area contributed by atoms with Crippen LogP contribution in [0.4, 0.5) is 9.59 Å². The summed E-state index contributed by atoms with van der Waals surface area (Å²) in [4.78, 5) is 28.7. The third-order valence-electron chi connectivity index (χ3n) is 4.77. The zero-order valence-electron chi connectivity index (χ0n) is 15.3. The molecule has 26 heavy (non-hydrogen) atoms. The number of urea groups is 1. The minimum absolute atomic E-state index is 0.0332. The lowest BCUT2D eigenvalue weighted by molar-refractivity contribution is 0.0732. The van der Waals surface area contributed by atoms with Crippen molar-refractivity contribution in [2.45, 2.75) is 36.3 Å². The lowest BCUT2D eigenvalue weighted by Crippen LogP contribution is -2.48. The van der Waals surface area contributed by atoms with E-state index < -0.39 is 0 Å². The molecule has 0 unspecified atom stereocenters. The zero-order valence-corrected chi connectivity index (χ0v) is 16.1. The normalized spacial score (nSPS) is 18.6. The predicted octanol–water partition coefficient (Wildman–Crippen LogP) is 3.10. The lowest BCUT2D eigenvalue weighted by Gasteiger charge is -2.32. The third kappa shape index (κ3) is 5.30. The molecular formula is C19H27N3O3S. The SMILES string of the molecule is Cc1ccc(SC2CCN(C(=O)NCCN3CCCOC3=O)CC2)cc1. The van der Waals surface area contributed by atoms with Gasteiger partial charge in [-0.2, -0.15) is 0 Å². The summed E-state index contributed by atoms with van der Waals surface area (Å²) in [6.07, 6.45) is 2.58. The first-order valence-electron chi connectivity index (χ1n) is 9.29. The van der Waals surface area contributed by atoms with Gasteiger partial charge in [-0.25, -0.2) is 9.59 Å². The predicted molar refractivity (Wildman–Crippen MR) is 103 cm³/mol. The second-order valence-electron chi connectivity index (χ2n) is 6.80. The van der Waals surface area contributed by atoms with Crippen molar-refractivity contribution >= 4 is 23.9 Å². The summed E-state index contributed by atoms with van der Waals surface area (Å²) in [5, 5.41) is 3.48. The molecule has 7 heteroatoms. The maximum atomic E-state index is 12.3. The minimum atomic E-state index is -0.278. The van der Waals surface area contributed by atoms with Gasteiger partial charge in [0.05, 0.1) is 6.61 Å². The first-order valence-corrected chi connectivity index (χ1v) is 10.2. The molecule has 0 saturated carbocycles. The molecule has 2 fully saturated rings. The van der Waals surface area contributed by atoms with E-state index in [-0.39, 0.29) is 12.1 Å². The van der Waals surface area contributed by atoms with Crippen LogP contribution in [0.25, 0.3) is 0 Å². The maximum Gasteiger partial charge on any atom is 0.409 e. The molecule has 0 aliphatic carbocycles. The van der Waals surface area contributed by atoms with Crippen LogP contribution in [0.15, 0.2) is 29.2 Å². The fourth-order valence-electron chi connectivity index (χ4n) is 3.20. The summed E-state index contributed by atoms with van der Waals surface area (Å²) in [6.45, 7) is 5.83. The van der Waals surface area contributed by atoms with E-state index in [1.807, 2.05) is 16.7 Å². The number of likely N-dealkylation sites (tertiary alicyclic amines) is 1. The van der Waals surface area contributed by atoms with E-state index in [2.05, 4.69) is 36.5 Å². The van der Waals surface area contributed by atoms with Gasteiger partial charge < -0.3 is 19.9 Å².